The van der Waals surface area contributed by atoms with Crippen molar-refractivity contribution in [3.63, 3.8) is 0 Å². The summed E-state index contributed by atoms with van der Waals surface area (Å²) in [6, 6.07) is 5.57. The second-order valence-corrected chi connectivity index (χ2v) is 8.42. The second-order valence-electron chi connectivity index (χ2n) is 7.56. The van der Waals surface area contributed by atoms with E-state index in [1.807, 2.05) is 26.0 Å². The number of nitrogens with zero attached hydrogens (tertiary/aromatic N) is 2. The number of carbonyl (C=O) groups excluding carboxylic acids is 2. The molecule has 178 valence electrons. The minimum absolute atomic E-state index is 0.0979. The molecule has 2 N–H and O–H groups in total. The Balaban J connectivity index is 1.63. The first-order valence-corrected chi connectivity index (χ1v) is 11.4. The number of thiazole rings is 1. The third kappa shape index (κ3) is 6.42. The topological polar surface area (TPSA) is 127 Å². The van der Waals surface area contributed by atoms with Gasteiger partial charge in [-0.15, -0.1) is 11.3 Å². The van der Waals surface area contributed by atoms with Crippen LogP contribution in [-0.2, 0) is 14.3 Å². The molecule has 0 bridgehead atoms. The number of aromatic carboxylic acids is 1. The van der Waals surface area contributed by atoms with Crippen molar-refractivity contribution >= 4 is 34.3 Å². The van der Waals surface area contributed by atoms with Gasteiger partial charge < -0.3 is 29.5 Å². The lowest BCUT2D eigenvalue weighted by atomic mass is 9.98. The maximum atomic E-state index is 12.5. The fourth-order valence-electron chi connectivity index (χ4n) is 3.48. The van der Waals surface area contributed by atoms with Gasteiger partial charge in [0.05, 0.1) is 20.3 Å². The van der Waals surface area contributed by atoms with E-state index in [0.29, 0.717) is 31.3 Å². The third-order valence-corrected chi connectivity index (χ3v) is 5.82. The third-order valence-electron chi connectivity index (χ3n) is 5.06. The van der Waals surface area contributed by atoms with Crippen LogP contribution in [0.5, 0.6) is 11.5 Å². The van der Waals surface area contributed by atoms with Crippen molar-refractivity contribution in [1.29, 1.82) is 0 Å². The number of likely N-dealkylation sites (tertiary alicyclic amines) is 1. The quantitative estimate of drug-likeness (QED) is 0.506. The number of amides is 2. The van der Waals surface area contributed by atoms with Crippen LogP contribution in [0.15, 0.2) is 23.6 Å². The largest absolute Gasteiger partial charge is 0.493 e. The molecule has 2 amide bonds. The molecule has 1 aliphatic rings. The van der Waals surface area contributed by atoms with Gasteiger partial charge in [0.2, 0.25) is 11.8 Å². The Morgan fingerprint density at radius 1 is 1.36 bits per heavy atom. The zero-order valence-electron chi connectivity index (χ0n) is 18.7. The summed E-state index contributed by atoms with van der Waals surface area (Å²) in [6.45, 7) is 5.11. The van der Waals surface area contributed by atoms with Gasteiger partial charge in [0.15, 0.2) is 22.3 Å². The SMILES string of the molecule is CCOCC(C)Oc1cc([C@@H]2CC(=O)N(CC(=O)Nc3nc(C(=O)O)cs3)C2)ccc1OC. The smallest absolute Gasteiger partial charge is 0.355 e. The highest BCUT2D eigenvalue weighted by molar-refractivity contribution is 7.14. The summed E-state index contributed by atoms with van der Waals surface area (Å²) in [4.78, 5) is 41.1. The molecule has 1 unspecified atom stereocenters. The van der Waals surface area contributed by atoms with Gasteiger partial charge in [-0.25, -0.2) is 9.78 Å². The number of aromatic nitrogens is 1. The van der Waals surface area contributed by atoms with E-state index in [-0.39, 0.29) is 41.7 Å². The summed E-state index contributed by atoms with van der Waals surface area (Å²) in [6.07, 6.45) is 0.0977. The Kier molecular flexibility index (Phi) is 8.23. The minimum Gasteiger partial charge on any atom is -0.493 e. The summed E-state index contributed by atoms with van der Waals surface area (Å²) in [5, 5.41) is 13.0. The van der Waals surface area contributed by atoms with Gasteiger partial charge >= 0.3 is 5.97 Å². The lowest BCUT2D eigenvalue weighted by molar-refractivity contribution is -0.131. The van der Waals surface area contributed by atoms with Gasteiger partial charge in [-0.3, -0.25) is 9.59 Å². The molecule has 2 heterocycles. The van der Waals surface area contributed by atoms with E-state index in [4.69, 9.17) is 19.3 Å². The number of carboxylic acids is 1. The number of methoxy groups -OCH3 is 1. The van der Waals surface area contributed by atoms with Crippen molar-refractivity contribution in [2.75, 3.05) is 38.7 Å². The van der Waals surface area contributed by atoms with Gasteiger partial charge in [0, 0.05) is 30.9 Å². The van der Waals surface area contributed by atoms with Crippen molar-refractivity contribution < 1.29 is 33.7 Å². The van der Waals surface area contributed by atoms with Crippen molar-refractivity contribution in [2.45, 2.75) is 32.3 Å². The Morgan fingerprint density at radius 3 is 2.82 bits per heavy atom. The van der Waals surface area contributed by atoms with Gasteiger partial charge in [-0.05, 0) is 31.5 Å². The number of hydrogen-bond acceptors (Lipinski definition) is 8. The number of anilines is 1. The number of nitrogens with one attached hydrogen (secondary N) is 1. The van der Waals surface area contributed by atoms with Crippen molar-refractivity contribution in [1.82, 2.24) is 9.88 Å². The Labute approximate surface area is 195 Å². The molecule has 10 nitrogen and oxygen atoms in total. The molecule has 1 aromatic heterocycles. The number of benzene rings is 1. The highest BCUT2D eigenvalue weighted by atomic mass is 32.1. The van der Waals surface area contributed by atoms with Gasteiger partial charge in [-0.1, -0.05) is 6.07 Å². The highest BCUT2D eigenvalue weighted by Gasteiger charge is 2.32. The van der Waals surface area contributed by atoms with Crippen LogP contribution in [0, 0.1) is 0 Å². The Bertz CT molecular complexity index is 1010. The summed E-state index contributed by atoms with van der Waals surface area (Å²) in [5.74, 6) is -0.670. The number of carboxylic acid groups (broad SMARTS) is 1. The van der Waals surface area contributed by atoms with Gasteiger partial charge in [-0.2, -0.15) is 0 Å². The van der Waals surface area contributed by atoms with E-state index >= 15 is 0 Å². The van der Waals surface area contributed by atoms with Crippen LogP contribution in [0.2, 0.25) is 0 Å². The van der Waals surface area contributed by atoms with Crippen LogP contribution < -0.4 is 14.8 Å². The normalized spacial score (nSPS) is 16.5. The molecule has 0 saturated carbocycles. The number of rotatable bonds is 11. The molecule has 33 heavy (non-hydrogen) atoms. The van der Waals surface area contributed by atoms with E-state index in [2.05, 4.69) is 10.3 Å². The van der Waals surface area contributed by atoms with Crippen molar-refractivity contribution in [3.05, 3.63) is 34.8 Å². The first-order valence-electron chi connectivity index (χ1n) is 10.5. The molecular formula is C22H27N3O7S. The number of carbonyl (C=O) groups is 3. The number of hydrogen-bond donors (Lipinski definition) is 2. The maximum Gasteiger partial charge on any atom is 0.355 e. The van der Waals surface area contributed by atoms with Crippen LogP contribution in [0.4, 0.5) is 5.13 Å². The molecular weight excluding hydrogens is 450 g/mol. The Hall–Kier alpha value is -3.18. The standard InChI is InChI=1S/C22H27N3O7S/c1-4-31-11-13(2)32-18-7-14(5-6-17(18)30-3)15-8-20(27)25(9-15)10-19(26)24-22-23-16(12-33-22)21(28)29/h5-7,12-13,15H,4,8-11H2,1-3H3,(H,28,29)(H,23,24,26)/t13?,15-/m1/s1. The fraction of sp³-hybridized carbons (Fsp3) is 0.455. The van der Waals surface area contributed by atoms with E-state index < -0.39 is 11.9 Å². The molecule has 1 fully saturated rings. The molecule has 0 spiro atoms. The molecule has 1 aliphatic heterocycles. The molecule has 0 aliphatic carbocycles. The Morgan fingerprint density at radius 2 is 2.15 bits per heavy atom. The monoisotopic (exact) mass is 477 g/mol. The first kappa shape index (κ1) is 24.5. The highest BCUT2D eigenvalue weighted by Crippen LogP contribution is 2.35. The molecule has 1 aromatic carbocycles. The van der Waals surface area contributed by atoms with Crippen LogP contribution >= 0.6 is 11.3 Å². The van der Waals surface area contributed by atoms with Gasteiger partial charge in [0.25, 0.3) is 0 Å². The molecule has 2 atom stereocenters. The fourth-order valence-corrected chi connectivity index (χ4v) is 4.18. The molecule has 0 radical (unpaired) electrons. The van der Waals surface area contributed by atoms with Crippen molar-refractivity contribution in [3.8, 4) is 11.5 Å². The van der Waals surface area contributed by atoms with E-state index in [0.717, 1.165) is 16.9 Å². The lowest BCUT2D eigenvalue weighted by Crippen LogP contribution is -2.34. The first-order chi connectivity index (χ1) is 15.8. The zero-order chi connectivity index (χ0) is 24.0. The maximum absolute atomic E-state index is 12.5. The summed E-state index contributed by atoms with van der Waals surface area (Å²) in [5.41, 5.74) is 0.775. The zero-order valence-corrected chi connectivity index (χ0v) is 19.5. The summed E-state index contributed by atoms with van der Waals surface area (Å²) >= 11 is 1.01. The minimum atomic E-state index is -1.17. The lowest BCUT2D eigenvalue weighted by Gasteiger charge is -2.19. The van der Waals surface area contributed by atoms with E-state index in [9.17, 15) is 14.4 Å². The predicted octanol–water partition coefficient (Wildman–Crippen LogP) is 2.61. The molecule has 2 aromatic rings. The van der Waals surface area contributed by atoms with E-state index in [1.165, 1.54) is 10.3 Å². The van der Waals surface area contributed by atoms with Crippen LogP contribution in [0.25, 0.3) is 0 Å². The average Bonchev–Trinajstić information content (AvgIpc) is 3.39. The molecule has 11 heteroatoms. The summed E-state index contributed by atoms with van der Waals surface area (Å²) < 4.78 is 16.8. The second kappa shape index (κ2) is 11.1. The van der Waals surface area contributed by atoms with Crippen LogP contribution in [0.3, 0.4) is 0 Å². The van der Waals surface area contributed by atoms with Crippen LogP contribution in [-0.4, -0.2) is 72.3 Å². The van der Waals surface area contributed by atoms with Crippen LogP contribution in [0.1, 0.15) is 42.2 Å². The molecule has 1 saturated heterocycles. The number of ether oxygens (including phenoxy) is 3. The van der Waals surface area contributed by atoms with Crippen molar-refractivity contribution in [2.24, 2.45) is 0 Å². The predicted molar refractivity (Wildman–Crippen MR) is 121 cm³/mol. The molecule has 3 rings (SSSR count). The summed E-state index contributed by atoms with van der Waals surface area (Å²) in [7, 11) is 1.57. The average molecular weight is 478 g/mol. The van der Waals surface area contributed by atoms with E-state index in [1.54, 1.807) is 13.2 Å². The van der Waals surface area contributed by atoms with Gasteiger partial charge in [0.1, 0.15) is 6.10 Å².